The van der Waals surface area contributed by atoms with Gasteiger partial charge in [-0.3, -0.25) is 25.0 Å². The second-order valence-corrected chi connectivity index (χ2v) is 7.03. The van der Waals surface area contributed by atoms with E-state index < -0.39 is 27.3 Å². The lowest BCUT2D eigenvalue weighted by Crippen LogP contribution is -2.13. The number of rotatable bonds is 8. The lowest BCUT2D eigenvalue weighted by atomic mass is 9.98. The molecule has 3 aromatic rings. The van der Waals surface area contributed by atoms with E-state index in [1.165, 1.54) is 61.7 Å². The molecule has 3 rings (SSSR count). The van der Waals surface area contributed by atoms with E-state index >= 15 is 0 Å². The fourth-order valence-corrected chi connectivity index (χ4v) is 3.21. The number of carbonyl (C=O) groups is 2. The molecule has 33 heavy (non-hydrogen) atoms. The third kappa shape index (κ3) is 5.13. The Hall–Kier alpha value is -4.31. The molecule has 0 amide bonds. The molecule has 0 atom stereocenters. The van der Waals surface area contributed by atoms with Gasteiger partial charge in [-0.05, 0) is 24.3 Å². The summed E-state index contributed by atoms with van der Waals surface area (Å²) in [6.07, 6.45) is 0. The molecule has 0 saturated carbocycles. The fourth-order valence-electron chi connectivity index (χ4n) is 3.02. The van der Waals surface area contributed by atoms with Crippen molar-refractivity contribution in [3.8, 4) is 5.75 Å². The Bertz CT molecular complexity index is 1280. The molecule has 0 aliphatic rings. The van der Waals surface area contributed by atoms with Crippen LogP contribution in [-0.2, 0) is 11.3 Å². The number of non-ortho nitro benzene ring substituents is 1. The molecule has 0 aliphatic carbocycles. The molecule has 0 fully saturated rings. The second kappa shape index (κ2) is 9.88. The Labute approximate surface area is 191 Å². The monoisotopic (exact) mass is 470 g/mol. The number of hydrogen-bond donors (Lipinski definition) is 0. The maximum atomic E-state index is 13.0. The molecule has 0 aliphatic heterocycles. The zero-order valence-electron chi connectivity index (χ0n) is 17.0. The third-order valence-electron chi connectivity index (χ3n) is 4.63. The molecule has 168 valence electrons. The average molecular weight is 471 g/mol. The standard InChI is InChI=1S/C22H15ClN2O8/c1-32-20-9-7-15(24(28)29)10-14(20)12-33-22(27)17-5-3-2-4-16(17)21(26)13-6-8-18(23)19(11-13)25(30)31/h2-11H,12H2,1H3. The number of nitrogens with zero attached hydrogens (tertiary/aromatic N) is 2. The normalized spacial score (nSPS) is 10.4. The van der Waals surface area contributed by atoms with Crippen LogP contribution < -0.4 is 4.74 Å². The van der Waals surface area contributed by atoms with Gasteiger partial charge < -0.3 is 9.47 Å². The van der Waals surface area contributed by atoms with Crippen molar-refractivity contribution in [2.45, 2.75) is 6.61 Å². The van der Waals surface area contributed by atoms with Crippen LogP contribution in [-0.4, -0.2) is 28.7 Å². The smallest absolute Gasteiger partial charge is 0.339 e. The van der Waals surface area contributed by atoms with Gasteiger partial charge in [-0.15, -0.1) is 0 Å². The van der Waals surface area contributed by atoms with E-state index in [-0.39, 0.29) is 45.3 Å². The molecule has 0 unspecified atom stereocenters. The summed E-state index contributed by atoms with van der Waals surface area (Å²) in [6.45, 7) is -0.349. The highest BCUT2D eigenvalue weighted by molar-refractivity contribution is 6.33. The number of nitro benzene ring substituents is 2. The van der Waals surface area contributed by atoms with Crippen LogP contribution in [0.2, 0.25) is 5.02 Å². The maximum absolute atomic E-state index is 13.0. The van der Waals surface area contributed by atoms with Crippen LogP contribution in [0.3, 0.4) is 0 Å². The second-order valence-electron chi connectivity index (χ2n) is 6.63. The number of carbonyl (C=O) groups excluding carboxylic acids is 2. The van der Waals surface area contributed by atoms with Gasteiger partial charge in [0.25, 0.3) is 11.4 Å². The van der Waals surface area contributed by atoms with Gasteiger partial charge in [0.1, 0.15) is 17.4 Å². The van der Waals surface area contributed by atoms with Crippen molar-refractivity contribution in [3.63, 3.8) is 0 Å². The largest absolute Gasteiger partial charge is 0.496 e. The van der Waals surface area contributed by atoms with Crippen LogP contribution in [0.4, 0.5) is 11.4 Å². The van der Waals surface area contributed by atoms with Gasteiger partial charge in [0.2, 0.25) is 0 Å². The van der Waals surface area contributed by atoms with Crippen LogP contribution in [0.5, 0.6) is 5.75 Å². The molecule has 0 N–H and O–H groups in total. The molecule has 0 radical (unpaired) electrons. The lowest BCUT2D eigenvalue weighted by molar-refractivity contribution is -0.385. The summed E-state index contributed by atoms with van der Waals surface area (Å²) < 4.78 is 10.4. The molecule has 0 saturated heterocycles. The van der Waals surface area contributed by atoms with Gasteiger partial charge in [0.05, 0.1) is 22.5 Å². The van der Waals surface area contributed by atoms with Gasteiger partial charge >= 0.3 is 5.97 Å². The Morgan fingerprint density at radius 1 is 0.939 bits per heavy atom. The molecule has 0 bridgehead atoms. The summed E-state index contributed by atoms with van der Waals surface area (Å²) in [7, 11) is 1.37. The number of benzene rings is 3. The summed E-state index contributed by atoms with van der Waals surface area (Å²) in [5.74, 6) is -1.22. The van der Waals surface area contributed by atoms with E-state index in [9.17, 15) is 29.8 Å². The van der Waals surface area contributed by atoms with Crippen molar-refractivity contribution >= 4 is 34.7 Å². The van der Waals surface area contributed by atoms with E-state index in [4.69, 9.17) is 21.1 Å². The Morgan fingerprint density at radius 2 is 1.64 bits per heavy atom. The van der Waals surface area contributed by atoms with Crippen LogP contribution in [0.15, 0.2) is 60.7 Å². The van der Waals surface area contributed by atoms with Gasteiger partial charge in [-0.25, -0.2) is 4.79 Å². The molecule has 3 aromatic carbocycles. The Balaban J connectivity index is 1.88. The summed E-state index contributed by atoms with van der Waals surface area (Å²) in [5, 5.41) is 22.0. The number of esters is 1. The van der Waals surface area contributed by atoms with Gasteiger partial charge in [-0.1, -0.05) is 29.8 Å². The van der Waals surface area contributed by atoms with Gasteiger partial charge in [-0.2, -0.15) is 0 Å². The fraction of sp³-hybridized carbons (Fsp3) is 0.0909. The molecular formula is C22H15ClN2O8. The van der Waals surface area contributed by atoms with Gasteiger partial charge in [0, 0.05) is 34.9 Å². The number of halogens is 1. The predicted molar refractivity (Wildman–Crippen MR) is 117 cm³/mol. The van der Waals surface area contributed by atoms with Crippen molar-refractivity contribution in [1.82, 2.24) is 0 Å². The summed E-state index contributed by atoms with van der Waals surface area (Å²) in [6, 6.07) is 13.2. The van der Waals surface area contributed by atoms with E-state index in [1.54, 1.807) is 0 Å². The Morgan fingerprint density at radius 3 is 2.27 bits per heavy atom. The predicted octanol–water partition coefficient (Wildman–Crippen LogP) is 4.75. The highest BCUT2D eigenvalue weighted by Gasteiger charge is 2.23. The highest BCUT2D eigenvalue weighted by atomic mass is 35.5. The third-order valence-corrected chi connectivity index (χ3v) is 4.95. The molecule has 11 heteroatoms. The SMILES string of the molecule is COc1ccc([N+](=O)[O-])cc1COC(=O)c1ccccc1C(=O)c1ccc(Cl)c([N+](=O)[O-])c1. The minimum atomic E-state index is -0.865. The molecular weight excluding hydrogens is 456 g/mol. The average Bonchev–Trinajstić information content (AvgIpc) is 2.81. The molecule has 0 spiro atoms. The zero-order valence-corrected chi connectivity index (χ0v) is 17.8. The first-order valence-electron chi connectivity index (χ1n) is 9.29. The topological polar surface area (TPSA) is 139 Å². The van der Waals surface area contributed by atoms with E-state index in [1.807, 2.05) is 0 Å². The van der Waals surface area contributed by atoms with Crippen LogP contribution in [0, 0.1) is 20.2 Å². The first-order valence-corrected chi connectivity index (χ1v) is 9.66. The number of ketones is 1. The molecule has 0 heterocycles. The Kier molecular flexibility index (Phi) is 6.99. The summed E-state index contributed by atoms with van der Waals surface area (Å²) >= 11 is 5.80. The number of hydrogen-bond acceptors (Lipinski definition) is 8. The number of nitro groups is 2. The van der Waals surface area contributed by atoms with Crippen molar-refractivity contribution in [2.24, 2.45) is 0 Å². The van der Waals surface area contributed by atoms with Crippen molar-refractivity contribution in [2.75, 3.05) is 7.11 Å². The van der Waals surface area contributed by atoms with Crippen LogP contribution in [0.1, 0.15) is 31.8 Å². The minimum absolute atomic E-state index is 0.0355. The zero-order chi connectivity index (χ0) is 24.1. The first kappa shape index (κ1) is 23.4. The van der Waals surface area contributed by atoms with Crippen molar-refractivity contribution in [3.05, 3.63) is 108 Å². The summed E-state index contributed by atoms with van der Waals surface area (Å²) in [4.78, 5) is 46.6. The minimum Gasteiger partial charge on any atom is -0.496 e. The van der Waals surface area contributed by atoms with Gasteiger partial charge in [0.15, 0.2) is 5.78 Å². The quantitative estimate of drug-likeness (QED) is 0.199. The summed E-state index contributed by atoms with van der Waals surface area (Å²) in [5.41, 5.74) is -0.541. The van der Waals surface area contributed by atoms with Crippen LogP contribution in [0.25, 0.3) is 0 Å². The molecule has 0 aromatic heterocycles. The van der Waals surface area contributed by atoms with E-state index in [0.29, 0.717) is 0 Å². The lowest BCUT2D eigenvalue weighted by Gasteiger charge is -2.11. The van der Waals surface area contributed by atoms with Crippen LogP contribution >= 0.6 is 11.6 Å². The highest BCUT2D eigenvalue weighted by Crippen LogP contribution is 2.28. The number of ether oxygens (including phenoxy) is 2. The van der Waals surface area contributed by atoms with Crippen molar-refractivity contribution in [1.29, 1.82) is 0 Å². The maximum Gasteiger partial charge on any atom is 0.339 e. The number of methoxy groups -OCH3 is 1. The van der Waals surface area contributed by atoms with E-state index in [0.717, 1.165) is 6.07 Å². The first-order chi connectivity index (χ1) is 15.7. The van der Waals surface area contributed by atoms with E-state index in [2.05, 4.69) is 0 Å². The molecule has 10 nitrogen and oxygen atoms in total. The van der Waals surface area contributed by atoms with Crippen molar-refractivity contribution < 1.29 is 28.9 Å².